The van der Waals surface area contributed by atoms with Gasteiger partial charge in [0, 0.05) is 37.3 Å². The van der Waals surface area contributed by atoms with Crippen LogP contribution in [0.25, 0.3) is 0 Å². The van der Waals surface area contributed by atoms with Crippen LogP contribution in [-0.2, 0) is 11.3 Å². The van der Waals surface area contributed by atoms with Gasteiger partial charge in [0.1, 0.15) is 0 Å². The molecule has 1 aliphatic heterocycles. The van der Waals surface area contributed by atoms with Gasteiger partial charge in [-0.15, -0.1) is 5.10 Å². The topological polar surface area (TPSA) is 77.3 Å². The molecule has 0 bridgehead atoms. The number of aromatic nitrogens is 3. The summed E-state index contributed by atoms with van der Waals surface area (Å²) < 4.78 is 6.41. The van der Waals surface area contributed by atoms with Crippen molar-refractivity contribution in [3.8, 4) is 0 Å². The Labute approximate surface area is 127 Å². The van der Waals surface area contributed by atoms with Crippen molar-refractivity contribution in [1.29, 1.82) is 0 Å². The van der Waals surface area contributed by atoms with Crippen molar-refractivity contribution in [2.24, 2.45) is 5.92 Å². The molecule has 0 spiro atoms. The molecule has 1 aromatic heterocycles. The van der Waals surface area contributed by atoms with Crippen LogP contribution in [0.1, 0.15) is 20.7 Å². The zero-order valence-electron chi connectivity index (χ0n) is 12.2. The lowest BCUT2D eigenvalue weighted by Gasteiger charge is -2.39. The molecule has 0 unspecified atom stereocenters. The maximum atomic E-state index is 12.3. The Kier molecular flexibility index (Phi) is 3.86. The SMILES string of the molecule is COC(=O)c1ccc(C(=O)N2CC(Cn3ccnn3)C2)cc1. The molecule has 7 heteroatoms. The van der Waals surface area contributed by atoms with E-state index in [1.807, 2.05) is 6.20 Å². The van der Waals surface area contributed by atoms with E-state index < -0.39 is 5.97 Å². The van der Waals surface area contributed by atoms with E-state index in [1.165, 1.54) is 7.11 Å². The third-order valence-corrected chi connectivity index (χ3v) is 3.71. The fourth-order valence-electron chi connectivity index (χ4n) is 2.50. The summed E-state index contributed by atoms with van der Waals surface area (Å²) in [5.41, 5.74) is 1.01. The molecule has 0 atom stereocenters. The number of rotatable bonds is 4. The summed E-state index contributed by atoms with van der Waals surface area (Å²) in [6.45, 7) is 2.18. The minimum Gasteiger partial charge on any atom is -0.465 e. The number of nitrogens with zero attached hydrogens (tertiary/aromatic N) is 4. The predicted molar refractivity (Wildman–Crippen MR) is 77.2 cm³/mol. The van der Waals surface area contributed by atoms with Crippen LogP contribution in [0.3, 0.4) is 0 Å². The van der Waals surface area contributed by atoms with Crippen molar-refractivity contribution in [2.45, 2.75) is 6.54 Å². The van der Waals surface area contributed by atoms with Crippen LogP contribution >= 0.6 is 0 Å². The molecule has 0 saturated carbocycles. The Balaban J connectivity index is 1.55. The summed E-state index contributed by atoms with van der Waals surface area (Å²) in [5, 5.41) is 7.68. The Morgan fingerprint density at radius 3 is 2.50 bits per heavy atom. The number of ether oxygens (including phenoxy) is 1. The Morgan fingerprint density at radius 1 is 1.23 bits per heavy atom. The Bertz CT molecular complexity index is 661. The first-order chi connectivity index (χ1) is 10.7. The molecule has 0 radical (unpaired) electrons. The fourth-order valence-corrected chi connectivity index (χ4v) is 2.50. The van der Waals surface area contributed by atoms with Crippen molar-refractivity contribution in [3.05, 3.63) is 47.8 Å². The van der Waals surface area contributed by atoms with Crippen molar-refractivity contribution in [1.82, 2.24) is 19.9 Å². The molecule has 114 valence electrons. The second-order valence-electron chi connectivity index (χ2n) is 5.27. The first-order valence-corrected chi connectivity index (χ1v) is 6.99. The molecule has 1 aromatic carbocycles. The van der Waals surface area contributed by atoms with Crippen LogP contribution < -0.4 is 0 Å². The molecule has 0 aliphatic carbocycles. The number of amides is 1. The van der Waals surface area contributed by atoms with Crippen molar-refractivity contribution in [3.63, 3.8) is 0 Å². The number of hydrogen-bond donors (Lipinski definition) is 0. The highest BCUT2D eigenvalue weighted by Gasteiger charge is 2.31. The van der Waals surface area contributed by atoms with Gasteiger partial charge in [0.2, 0.25) is 0 Å². The first-order valence-electron chi connectivity index (χ1n) is 6.99. The van der Waals surface area contributed by atoms with Crippen LogP contribution in [0, 0.1) is 5.92 Å². The van der Waals surface area contributed by atoms with E-state index in [2.05, 4.69) is 15.0 Å². The molecule has 1 fully saturated rings. The normalized spacial score (nSPS) is 14.5. The zero-order chi connectivity index (χ0) is 15.5. The largest absolute Gasteiger partial charge is 0.465 e. The van der Waals surface area contributed by atoms with Crippen molar-refractivity contribution in [2.75, 3.05) is 20.2 Å². The number of likely N-dealkylation sites (tertiary alicyclic amines) is 1. The van der Waals surface area contributed by atoms with Crippen molar-refractivity contribution < 1.29 is 14.3 Å². The summed E-state index contributed by atoms with van der Waals surface area (Å²) in [7, 11) is 1.33. The van der Waals surface area contributed by atoms with Gasteiger partial charge in [0.25, 0.3) is 5.91 Å². The minimum absolute atomic E-state index is 0.0220. The van der Waals surface area contributed by atoms with Crippen LogP contribution in [0.15, 0.2) is 36.7 Å². The maximum absolute atomic E-state index is 12.3. The zero-order valence-corrected chi connectivity index (χ0v) is 12.2. The summed E-state index contributed by atoms with van der Waals surface area (Å²) in [5.74, 6) is -0.0258. The predicted octanol–water partition coefficient (Wildman–Crippen LogP) is 0.837. The van der Waals surface area contributed by atoms with Crippen LogP contribution in [0.4, 0.5) is 0 Å². The Hall–Kier alpha value is -2.70. The molecular formula is C15H16N4O3. The van der Waals surface area contributed by atoms with Crippen LogP contribution in [0.5, 0.6) is 0 Å². The number of hydrogen-bond acceptors (Lipinski definition) is 5. The van der Waals surface area contributed by atoms with Gasteiger partial charge in [-0.3, -0.25) is 9.48 Å². The lowest BCUT2D eigenvalue weighted by atomic mass is 9.98. The number of carbonyl (C=O) groups is 2. The van der Waals surface area contributed by atoms with E-state index in [0.29, 0.717) is 30.1 Å². The van der Waals surface area contributed by atoms with Gasteiger partial charge in [-0.1, -0.05) is 5.21 Å². The van der Waals surface area contributed by atoms with Crippen molar-refractivity contribution >= 4 is 11.9 Å². The minimum atomic E-state index is -0.407. The standard InChI is InChI=1S/C15H16N4O3/c1-22-15(21)13-4-2-12(3-5-13)14(20)18-8-11(9-18)10-19-7-6-16-17-19/h2-7,11H,8-10H2,1H3. The van der Waals surface area contributed by atoms with Gasteiger partial charge in [0.05, 0.1) is 18.9 Å². The summed E-state index contributed by atoms with van der Waals surface area (Å²) >= 11 is 0. The molecule has 22 heavy (non-hydrogen) atoms. The first kappa shape index (κ1) is 14.2. The molecule has 2 aromatic rings. The fraction of sp³-hybridized carbons (Fsp3) is 0.333. The third-order valence-electron chi connectivity index (χ3n) is 3.71. The average Bonchev–Trinajstić information content (AvgIpc) is 3.02. The van der Waals surface area contributed by atoms with Gasteiger partial charge >= 0.3 is 5.97 Å². The maximum Gasteiger partial charge on any atom is 0.337 e. The van der Waals surface area contributed by atoms with Gasteiger partial charge in [-0.2, -0.15) is 0 Å². The monoisotopic (exact) mass is 300 g/mol. The molecule has 1 amide bonds. The highest BCUT2D eigenvalue weighted by molar-refractivity contribution is 5.96. The Morgan fingerprint density at radius 2 is 1.91 bits per heavy atom. The summed E-state index contributed by atoms with van der Waals surface area (Å²) in [6.07, 6.45) is 3.46. The van der Waals surface area contributed by atoms with Gasteiger partial charge in [-0.05, 0) is 24.3 Å². The smallest absolute Gasteiger partial charge is 0.337 e. The quantitative estimate of drug-likeness (QED) is 0.782. The number of carbonyl (C=O) groups excluding carboxylic acids is 2. The second-order valence-corrected chi connectivity index (χ2v) is 5.27. The summed E-state index contributed by atoms with van der Waals surface area (Å²) in [6, 6.07) is 6.51. The lowest BCUT2D eigenvalue weighted by molar-refractivity contribution is 0.0459. The highest BCUT2D eigenvalue weighted by atomic mass is 16.5. The van der Waals surface area contributed by atoms with E-state index in [0.717, 1.165) is 6.54 Å². The van der Waals surface area contributed by atoms with E-state index in [9.17, 15) is 9.59 Å². The molecule has 3 rings (SSSR count). The molecule has 7 nitrogen and oxygen atoms in total. The third kappa shape index (κ3) is 2.83. The van der Waals surface area contributed by atoms with Crippen LogP contribution in [-0.4, -0.2) is 52.0 Å². The lowest BCUT2D eigenvalue weighted by Crippen LogP contribution is -2.51. The van der Waals surface area contributed by atoms with Gasteiger partial charge in [0.15, 0.2) is 0 Å². The number of esters is 1. The molecule has 1 aliphatic rings. The molecule has 0 N–H and O–H groups in total. The van der Waals surface area contributed by atoms with E-state index >= 15 is 0 Å². The van der Waals surface area contributed by atoms with Gasteiger partial charge in [-0.25, -0.2) is 4.79 Å². The molecule has 1 saturated heterocycles. The van der Waals surface area contributed by atoms with E-state index in [4.69, 9.17) is 0 Å². The average molecular weight is 300 g/mol. The second kappa shape index (κ2) is 5.97. The molecular weight excluding hydrogens is 284 g/mol. The summed E-state index contributed by atoms with van der Waals surface area (Å²) in [4.78, 5) is 25.4. The van der Waals surface area contributed by atoms with E-state index in [1.54, 1.807) is 40.0 Å². The number of methoxy groups -OCH3 is 1. The number of benzene rings is 1. The van der Waals surface area contributed by atoms with Crippen LogP contribution in [0.2, 0.25) is 0 Å². The highest BCUT2D eigenvalue weighted by Crippen LogP contribution is 2.20. The molecule has 2 heterocycles. The van der Waals surface area contributed by atoms with Gasteiger partial charge < -0.3 is 9.64 Å². The van der Waals surface area contributed by atoms with E-state index in [-0.39, 0.29) is 5.91 Å².